The van der Waals surface area contributed by atoms with Crippen molar-refractivity contribution in [3.8, 4) is 11.8 Å². The number of unbranched alkanes of at least 4 members (excludes halogenated alkanes) is 1. The molecule has 0 aliphatic heterocycles. The molecule has 0 aromatic heterocycles. The predicted octanol–water partition coefficient (Wildman–Crippen LogP) is 2.26. The minimum absolute atomic E-state index is 0.0252. The van der Waals surface area contributed by atoms with Gasteiger partial charge in [0.2, 0.25) is 0 Å². The molecule has 0 saturated carbocycles. The molecule has 21 heavy (non-hydrogen) atoms. The van der Waals surface area contributed by atoms with Crippen LogP contribution in [0.15, 0.2) is 24.3 Å². The van der Waals surface area contributed by atoms with Gasteiger partial charge in [0.25, 0.3) is 5.91 Å². The highest BCUT2D eigenvalue weighted by Gasteiger charge is 2.02. The van der Waals surface area contributed by atoms with Gasteiger partial charge in [-0.3, -0.25) is 4.79 Å². The second-order valence-corrected chi connectivity index (χ2v) is 4.59. The summed E-state index contributed by atoms with van der Waals surface area (Å²) in [4.78, 5) is 11.5. The first-order chi connectivity index (χ1) is 10.3. The van der Waals surface area contributed by atoms with Gasteiger partial charge in [-0.05, 0) is 37.1 Å². The highest BCUT2D eigenvalue weighted by molar-refractivity contribution is 5.77. The van der Waals surface area contributed by atoms with E-state index >= 15 is 0 Å². The molecule has 114 valence electrons. The summed E-state index contributed by atoms with van der Waals surface area (Å²) in [7, 11) is 0. The number of rotatable bonds is 10. The monoisotopic (exact) mass is 290 g/mol. The topological polar surface area (TPSA) is 71.3 Å². The second kappa shape index (κ2) is 10.7. The van der Waals surface area contributed by atoms with Crippen molar-refractivity contribution in [1.82, 2.24) is 5.32 Å². The molecule has 0 unspecified atom stereocenters. The molecule has 0 heterocycles. The summed E-state index contributed by atoms with van der Waals surface area (Å²) in [6.45, 7) is 4.13. The number of nitrogens with one attached hydrogen (secondary N) is 1. The van der Waals surface area contributed by atoms with E-state index in [1.54, 1.807) is 24.3 Å². The van der Waals surface area contributed by atoms with Gasteiger partial charge in [-0.25, -0.2) is 0 Å². The Balaban J connectivity index is 2.07. The first-order valence-corrected chi connectivity index (χ1v) is 7.23. The lowest BCUT2D eigenvalue weighted by atomic mass is 10.2. The summed E-state index contributed by atoms with van der Waals surface area (Å²) in [5, 5.41) is 11.4. The highest BCUT2D eigenvalue weighted by Crippen LogP contribution is 2.11. The van der Waals surface area contributed by atoms with Crippen molar-refractivity contribution >= 4 is 5.91 Å². The molecule has 0 saturated heterocycles. The molecule has 1 amide bonds. The molecule has 0 aliphatic rings. The van der Waals surface area contributed by atoms with E-state index in [4.69, 9.17) is 14.7 Å². The Labute approximate surface area is 125 Å². The molecule has 0 aliphatic carbocycles. The number of amides is 1. The third-order valence-corrected chi connectivity index (χ3v) is 2.78. The molecule has 0 bridgehead atoms. The van der Waals surface area contributed by atoms with Crippen molar-refractivity contribution in [1.29, 1.82) is 5.26 Å². The minimum atomic E-state index is -0.159. The molecule has 0 radical (unpaired) electrons. The van der Waals surface area contributed by atoms with Gasteiger partial charge in [0.05, 0.1) is 11.6 Å². The summed E-state index contributed by atoms with van der Waals surface area (Å²) >= 11 is 0. The number of nitrogens with zero attached hydrogens (tertiary/aromatic N) is 1. The zero-order chi connectivity index (χ0) is 15.3. The normalized spacial score (nSPS) is 9.90. The van der Waals surface area contributed by atoms with Gasteiger partial charge in [0, 0.05) is 19.8 Å². The SMILES string of the molecule is CCCCOCCCNC(=O)COc1ccc(C#N)cc1. The maximum atomic E-state index is 11.5. The Morgan fingerprint density at radius 3 is 2.62 bits per heavy atom. The highest BCUT2D eigenvalue weighted by atomic mass is 16.5. The van der Waals surface area contributed by atoms with Gasteiger partial charge < -0.3 is 14.8 Å². The van der Waals surface area contributed by atoms with Crippen LogP contribution in [-0.2, 0) is 9.53 Å². The van der Waals surface area contributed by atoms with Crippen LogP contribution in [0.3, 0.4) is 0 Å². The van der Waals surface area contributed by atoms with E-state index in [2.05, 4.69) is 12.2 Å². The van der Waals surface area contributed by atoms with E-state index in [0.29, 0.717) is 24.5 Å². The lowest BCUT2D eigenvalue weighted by Gasteiger charge is -2.08. The smallest absolute Gasteiger partial charge is 0.257 e. The molecule has 5 nitrogen and oxygen atoms in total. The Bertz CT molecular complexity index is 452. The molecule has 1 N–H and O–H groups in total. The van der Waals surface area contributed by atoms with E-state index in [9.17, 15) is 4.79 Å². The Morgan fingerprint density at radius 2 is 1.95 bits per heavy atom. The maximum Gasteiger partial charge on any atom is 0.257 e. The lowest BCUT2D eigenvalue weighted by Crippen LogP contribution is -2.30. The quantitative estimate of drug-likeness (QED) is 0.671. The number of carbonyl (C=O) groups is 1. The predicted molar refractivity (Wildman–Crippen MR) is 80.0 cm³/mol. The molecule has 1 rings (SSSR count). The molecule has 5 heteroatoms. The lowest BCUT2D eigenvalue weighted by molar-refractivity contribution is -0.123. The Kier molecular flexibility index (Phi) is 8.65. The number of hydrogen-bond acceptors (Lipinski definition) is 4. The van der Waals surface area contributed by atoms with Crippen LogP contribution in [0.2, 0.25) is 0 Å². The second-order valence-electron chi connectivity index (χ2n) is 4.59. The largest absolute Gasteiger partial charge is 0.484 e. The molecule has 0 fully saturated rings. The number of nitriles is 1. The Hall–Kier alpha value is -2.06. The summed E-state index contributed by atoms with van der Waals surface area (Å²) < 4.78 is 10.7. The van der Waals surface area contributed by atoms with Crippen LogP contribution in [0.4, 0.5) is 0 Å². The zero-order valence-electron chi connectivity index (χ0n) is 12.4. The van der Waals surface area contributed by atoms with Gasteiger partial charge in [-0.15, -0.1) is 0 Å². The van der Waals surface area contributed by atoms with Crippen LogP contribution >= 0.6 is 0 Å². The average Bonchev–Trinajstić information content (AvgIpc) is 2.52. The molecule has 0 atom stereocenters. The van der Waals surface area contributed by atoms with Gasteiger partial charge in [0.1, 0.15) is 5.75 Å². The van der Waals surface area contributed by atoms with Crippen LogP contribution in [0.5, 0.6) is 5.75 Å². The summed E-state index contributed by atoms with van der Waals surface area (Å²) in [6.07, 6.45) is 3.00. The van der Waals surface area contributed by atoms with Crippen LogP contribution in [0.1, 0.15) is 31.7 Å². The van der Waals surface area contributed by atoms with E-state index in [1.165, 1.54) is 0 Å². The van der Waals surface area contributed by atoms with Gasteiger partial charge in [-0.1, -0.05) is 13.3 Å². The van der Waals surface area contributed by atoms with Crippen molar-refractivity contribution < 1.29 is 14.3 Å². The number of carbonyl (C=O) groups excluding carboxylic acids is 1. The van der Waals surface area contributed by atoms with Crippen molar-refractivity contribution in [3.63, 3.8) is 0 Å². The third kappa shape index (κ3) is 7.95. The van der Waals surface area contributed by atoms with Gasteiger partial charge in [-0.2, -0.15) is 5.26 Å². The minimum Gasteiger partial charge on any atom is -0.484 e. The molecular formula is C16H22N2O3. The number of ether oxygens (including phenoxy) is 2. The maximum absolute atomic E-state index is 11.5. The van der Waals surface area contributed by atoms with E-state index in [1.807, 2.05) is 6.07 Å². The molecule has 0 spiro atoms. The fraction of sp³-hybridized carbons (Fsp3) is 0.500. The Morgan fingerprint density at radius 1 is 1.24 bits per heavy atom. The first-order valence-electron chi connectivity index (χ1n) is 7.23. The number of benzene rings is 1. The summed E-state index contributed by atoms with van der Waals surface area (Å²) in [6, 6.07) is 8.68. The third-order valence-electron chi connectivity index (χ3n) is 2.78. The first kappa shape index (κ1) is 17.0. The van der Waals surface area contributed by atoms with E-state index < -0.39 is 0 Å². The standard InChI is InChI=1S/C16H22N2O3/c1-2-3-10-20-11-4-9-18-16(19)13-21-15-7-5-14(12-17)6-8-15/h5-8H,2-4,9-11,13H2,1H3,(H,18,19). The van der Waals surface area contributed by atoms with Crippen LogP contribution < -0.4 is 10.1 Å². The molecular weight excluding hydrogens is 268 g/mol. The van der Waals surface area contributed by atoms with Crippen molar-refractivity contribution in [2.45, 2.75) is 26.2 Å². The van der Waals surface area contributed by atoms with Crippen molar-refractivity contribution in [2.24, 2.45) is 0 Å². The van der Waals surface area contributed by atoms with Crippen LogP contribution in [-0.4, -0.2) is 32.3 Å². The van der Waals surface area contributed by atoms with Crippen molar-refractivity contribution in [3.05, 3.63) is 29.8 Å². The van der Waals surface area contributed by atoms with Gasteiger partial charge >= 0.3 is 0 Å². The fourth-order valence-electron chi connectivity index (χ4n) is 1.58. The van der Waals surface area contributed by atoms with Gasteiger partial charge in [0.15, 0.2) is 6.61 Å². The number of hydrogen-bond donors (Lipinski definition) is 1. The summed E-state index contributed by atoms with van der Waals surface area (Å²) in [5.74, 6) is 0.417. The summed E-state index contributed by atoms with van der Waals surface area (Å²) in [5.41, 5.74) is 0.565. The van der Waals surface area contributed by atoms with E-state index in [-0.39, 0.29) is 12.5 Å². The van der Waals surface area contributed by atoms with Crippen LogP contribution in [0.25, 0.3) is 0 Å². The fourth-order valence-corrected chi connectivity index (χ4v) is 1.58. The molecule has 1 aromatic rings. The van der Waals surface area contributed by atoms with Crippen LogP contribution in [0, 0.1) is 11.3 Å². The zero-order valence-corrected chi connectivity index (χ0v) is 12.4. The van der Waals surface area contributed by atoms with E-state index in [0.717, 1.165) is 25.9 Å². The average molecular weight is 290 g/mol. The van der Waals surface area contributed by atoms with Crippen molar-refractivity contribution in [2.75, 3.05) is 26.4 Å². The molecule has 1 aromatic carbocycles.